The van der Waals surface area contributed by atoms with Crippen molar-refractivity contribution in [2.45, 2.75) is 26.8 Å². The summed E-state index contributed by atoms with van der Waals surface area (Å²) in [4.78, 5) is 22.6. The molecule has 0 heterocycles. The largest absolute Gasteiger partial charge is 0.374 e. The molecule has 0 saturated carbocycles. The number of carbonyl (C=O) groups excluding carboxylic acids is 1. The molecule has 6 heteroatoms. The highest BCUT2D eigenvalue weighted by molar-refractivity contribution is 5.96. The number of benzene rings is 2. The van der Waals surface area contributed by atoms with Crippen molar-refractivity contribution in [1.29, 1.82) is 0 Å². The Morgan fingerprint density at radius 2 is 1.91 bits per heavy atom. The summed E-state index contributed by atoms with van der Waals surface area (Å²) < 4.78 is 0. The predicted octanol–water partition coefficient (Wildman–Crippen LogP) is 3.65. The van der Waals surface area contributed by atoms with E-state index in [9.17, 15) is 14.9 Å². The van der Waals surface area contributed by atoms with Crippen LogP contribution in [0.2, 0.25) is 0 Å². The summed E-state index contributed by atoms with van der Waals surface area (Å²) in [5.74, 6) is -0.205. The normalized spacial score (nSPS) is 11.6. The lowest BCUT2D eigenvalue weighted by Crippen LogP contribution is -2.32. The average Bonchev–Trinajstić information content (AvgIpc) is 2.50. The van der Waals surface area contributed by atoms with Crippen LogP contribution in [-0.2, 0) is 4.79 Å². The molecule has 0 saturated heterocycles. The van der Waals surface area contributed by atoms with Gasteiger partial charge in [0.05, 0.1) is 4.92 Å². The lowest BCUT2D eigenvalue weighted by atomic mass is 10.1. The molecule has 0 spiro atoms. The topological polar surface area (TPSA) is 84.3 Å². The summed E-state index contributed by atoms with van der Waals surface area (Å²) in [6, 6.07) is 11.3. The minimum Gasteiger partial charge on any atom is -0.374 e. The van der Waals surface area contributed by atoms with Gasteiger partial charge in [-0.05, 0) is 38.5 Å². The van der Waals surface area contributed by atoms with E-state index < -0.39 is 11.0 Å². The van der Waals surface area contributed by atoms with Crippen LogP contribution in [0.1, 0.15) is 18.1 Å². The molecule has 0 aliphatic carbocycles. The third-order valence-corrected chi connectivity index (χ3v) is 3.47. The number of aryl methyl sites for hydroxylation is 2. The Bertz CT molecular complexity index is 744. The molecule has 0 unspecified atom stereocenters. The van der Waals surface area contributed by atoms with Crippen LogP contribution in [0.4, 0.5) is 17.1 Å². The monoisotopic (exact) mass is 313 g/mol. The van der Waals surface area contributed by atoms with E-state index in [0.717, 1.165) is 16.8 Å². The van der Waals surface area contributed by atoms with Crippen LogP contribution >= 0.6 is 0 Å². The van der Waals surface area contributed by atoms with Crippen molar-refractivity contribution in [3.8, 4) is 0 Å². The molecule has 0 fully saturated rings. The Morgan fingerprint density at radius 3 is 2.57 bits per heavy atom. The number of non-ortho nitro benzene ring substituents is 1. The van der Waals surface area contributed by atoms with Crippen molar-refractivity contribution in [1.82, 2.24) is 0 Å². The quantitative estimate of drug-likeness (QED) is 0.652. The molecule has 1 atom stereocenters. The fourth-order valence-electron chi connectivity index (χ4n) is 2.22. The van der Waals surface area contributed by atoms with Crippen LogP contribution in [0.3, 0.4) is 0 Å². The summed E-state index contributed by atoms with van der Waals surface area (Å²) in [6.45, 7) is 5.63. The van der Waals surface area contributed by atoms with Gasteiger partial charge in [-0.1, -0.05) is 23.8 Å². The number of nitro groups is 1. The Balaban J connectivity index is 2.05. The molecular formula is C17H19N3O3. The molecule has 2 aromatic rings. The van der Waals surface area contributed by atoms with Crippen LogP contribution in [0.5, 0.6) is 0 Å². The highest BCUT2D eigenvalue weighted by Crippen LogP contribution is 2.19. The Hall–Kier alpha value is -2.89. The van der Waals surface area contributed by atoms with Gasteiger partial charge in [-0.3, -0.25) is 14.9 Å². The number of nitro benzene ring substituents is 1. The predicted molar refractivity (Wildman–Crippen MR) is 90.7 cm³/mol. The Morgan fingerprint density at radius 1 is 1.17 bits per heavy atom. The molecule has 23 heavy (non-hydrogen) atoms. The average molecular weight is 313 g/mol. The second-order valence-electron chi connectivity index (χ2n) is 5.48. The highest BCUT2D eigenvalue weighted by Gasteiger charge is 2.15. The molecule has 0 bridgehead atoms. The first-order valence-electron chi connectivity index (χ1n) is 7.26. The minimum absolute atomic E-state index is 0.0167. The smallest absolute Gasteiger partial charge is 0.271 e. The number of hydrogen-bond acceptors (Lipinski definition) is 4. The van der Waals surface area contributed by atoms with Crippen LogP contribution in [0.25, 0.3) is 0 Å². The zero-order valence-electron chi connectivity index (χ0n) is 13.3. The van der Waals surface area contributed by atoms with Gasteiger partial charge in [-0.15, -0.1) is 0 Å². The van der Waals surface area contributed by atoms with E-state index in [1.54, 1.807) is 19.1 Å². The fourth-order valence-corrected chi connectivity index (χ4v) is 2.22. The summed E-state index contributed by atoms with van der Waals surface area (Å²) in [6.07, 6.45) is 0. The van der Waals surface area contributed by atoms with Crippen LogP contribution in [0.15, 0.2) is 42.5 Å². The van der Waals surface area contributed by atoms with Gasteiger partial charge >= 0.3 is 0 Å². The van der Waals surface area contributed by atoms with Crippen LogP contribution in [-0.4, -0.2) is 16.9 Å². The van der Waals surface area contributed by atoms with Crippen molar-refractivity contribution in [3.63, 3.8) is 0 Å². The Kier molecular flexibility index (Phi) is 4.95. The number of rotatable bonds is 5. The molecule has 1 amide bonds. The summed E-state index contributed by atoms with van der Waals surface area (Å²) in [5.41, 5.74) is 3.39. The number of hydrogen-bond donors (Lipinski definition) is 2. The standard InChI is InChI=1S/C17H19N3O3/c1-11-7-8-16(12(2)9-11)19-17(21)13(3)18-14-5-4-6-15(10-14)20(22)23/h4-10,13,18H,1-3H3,(H,19,21)/t13-/m1/s1. The zero-order chi connectivity index (χ0) is 17.0. The number of amides is 1. The van der Waals surface area contributed by atoms with Crippen molar-refractivity contribution in [3.05, 3.63) is 63.7 Å². The second-order valence-corrected chi connectivity index (χ2v) is 5.48. The lowest BCUT2D eigenvalue weighted by Gasteiger charge is -2.16. The first-order valence-corrected chi connectivity index (χ1v) is 7.26. The number of nitrogens with one attached hydrogen (secondary N) is 2. The van der Waals surface area contributed by atoms with Gasteiger partial charge in [0.15, 0.2) is 0 Å². The molecule has 0 aliphatic rings. The van der Waals surface area contributed by atoms with E-state index in [1.165, 1.54) is 12.1 Å². The molecule has 6 nitrogen and oxygen atoms in total. The summed E-state index contributed by atoms with van der Waals surface area (Å²) in [7, 11) is 0. The maximum Gasteiger partial charge on any atom is 0.271 e. The van der Waals surface area contributed by atoms with Gasteiger partial charge in [0.2, 0.25) is 5.91 Å². The first kappa shape index (κ1) is 16.5. The molecule has 0 radical (unpaired) electrons. The maximum atomic E-state index is 12.3. The molecule has 120 valence electrons. The summed E-state index contributed by atoms with van der Waals surface area (Å²) in [5, 5.41) is 16.6. The van der Waals surface area contributed by atoms with E-state index in [2.05, 4.69) is 10.6 Å². The third-order valence-electron chi connectivity index (χ3n) is 3.47. The van der Waals surface area contributed by atoms with E-state index in [4.69, 9.17) is 0 Å². The zero-order valence-corrected chi connectivity index (χ0v) is 13.3. The molecule has 0 aromatic heterocycles. The fraction of sp³-hybridized carbons (Fsp3) is 0.235. The van der Waals surface area contributed by atoms with Gasteiger partial charge in [0.1, 0.15) is 6.04 Å². The van der Waals surface area contributed by atoms with E-state index >= 15 is 0 Å². The maximum absolute atomic E-state index is 12.3. The minimum atomic E-state index is -0.530. The number of carbonyl (C=O) groups is 1. The van der Waals surface area contributed by atoms with Gasteiger partial charge in [-0.25, -0.2) is 0 Å². The molecule has 2 aromatic carbocycles. The summed E-state index contributed by atoms with van der Waals surface area (Å²) >= 11 is 0. The highest BCUT2D eigenvalue weighted by atomic mass is 16.6. The van der Waals surface area contributed by atoms with E-state index in [1.807, 2.05) is 32.0 Å². The molecule has 2 N–H and O–H groups in total. The van der Waals surface area contributed by atoms with E-state index in [-0.39, 0.29) is 11.6 Å². The number of anilines is 2. The van der Waals surface area contributed by atoms with Gasteiger partial charge < -0.3 is 10.6 Å². The van der Waals surface area contributed by atoms with Gasteiger partial charge in [0.25, 0.3) is 5.69 Å². The van der Waals surface area contributed by atoms with Crippen molar-refractivity contribution >= 4 is 23.0 Å². The second kappa shape index (κ2) is 6.91. The lowest BCUT2D eigenvalue weighted by molar-refractivity contribution is -0.384. The van der Waals surface area contributed by atoms with Crippen molar-refractivity contribution in [2.75, 3.05) is 10.6 Å². The first-order chi connectivity index (χ1) is 10.9. The SMILES string of the molecule is Cc1ccc(NC(=O)[C@@H](C)Nc2cccc([N+](=O)[O-])c2)c(C)c1. The van der Waals surface area contributed by atoms with Gasteiger partial charge in [0, 0.05) is 23.5 Å². The number of nitrogens with zero attached hydrogens (tertiary/aromatic N) is 1. The van der Waals surface area contributed by atoms with E-state index in [0.29, 0.717) is 5.69 Å². The van der Waals surface area contributed by atoms with Crippen LogP contribution < -0.4 is 10.6 Å². The van der Waals surface area contributed by atoms with Crippen molar-refractivity contribution in [2.24, 2.45) is 0 Å². The molecule has 2 rings (SSSR count). The third kappa shape index (κ3) is 4.29. The molecule has 0 aliphatic heterocycles. The van der Waals surface area contributed by atoms with Crippen molar-refractivity contribution < 1.29 is 9.72 Å². The van der Waals surface area contributed by atoms with Gasteiger partial charge in [-0.2, -0.15) is 0 Å². The van der Waals surface area contributed by atoms with Crippen LogP contribution in [0, 0.1) is 24.0 Å². The Labute approximate surface area is 134 Å². The molecular weight excluding hydrogens is 294 g/mol.